The second-order valence-corrected chi connectivity index (χ2v) is 3.03. The van der Waals surface area contributed by atoms with E-state index in [1.807, 2.05) is 0 Å². The van der Waals surface area contributed by atoms with E-state index in [9.17, 15) is 0 Å². The molecule has 0 fully saturated rings. The lowest BCUT2D eigenvalue weighted by atomic mass is 10.8. The van der Waals surface area contributed by atoms with Gasteiger partial charge < -0.3 is 0 Å². The molecule has 0 aliphatic rings. The molecule has 2 aromatic rings. The van der Waals surface area contributed by atoms with Crippen molar-refractivity contribution in [3.63, 3.8) is 0 Å². The number of hydrogen-bond donors (Lipinski definition) is 0. The average molecular weight is 233 g/mol. The molecule has 0 aliphatic carbocycles. The van der Waals surface area contributed by atoms with Crippen LogP contribution in [0.5, 0.6) is 0 Å². The Morgan fingerprint density at radius 1 is 1.36 bits per heavy atom. The van der Waals surface area contributed by atoms with Crippen LogP contribution in [0.25, 0.3) is 5.65 Å². The molecule has 0 radical (unpaired) electrons. The van der Waals surface area contributed by atoms with Gasteiger partial charge in [0.15, 0.2) is 5.65 Å². The second-order valence-electron chi connectivity index (χ2n) is 1.88. The van der Waals surface area contributed by atoms with Crippen molar-refractivity contribution in [2.24, 2.45) is 0 Å². The molecule has 0 saturated heterocycles. The van der Waals surface area contributed by atoms with Crippen LogP contribution < -0.4 is 0 Å². The van der Waals surface area contributed by atoms with Gasteiger partial charge in [-0.15, -0.1) is 5.10 Å². The summed E-state index contributed by atoms with van der Waals surface area (Å²) >= 11 is 8.81. The maximum absolute atomic E-state index is 5.56. The zero-order valence-corrected chi connectivity index (χ0v) is 7.54. The summed E-state index contributed by atoms with van der Waals surface area (Å²) in [5, 5.41) is 4.10. The predicted molar refractivity (Wildman–Crippen MR) is 43.5 cm³/mol. The van der Waals surface area contributed by atoms with Gasteiger partial charge in [0.1, 0.15) is 4.60 Å². The van der Waals surface area contributed by atoms with Gasteiger partial charge in [-0.1, -0.05) is 0 Å². The summed E-state index contributed by atoms with van der Waals surface area (Å²) in [5.41, 5.74) is 0.668. The molecule has 4 nitrogen and oxygen atoms in total. The smallest absolute Gasteiger partial charge is 0.233 e. The highest BCUT2D eigenvalue weighted by atomic mass is 79.9. The summed E-state index contributed by atoms with van der Waals surface area (Å²) in [6.45, 7) is 0. The number of fused-ring (bicyclic) bond motifs is 1. The van der Waals surface area contributed by atoms with E-state index in [1.165, 1.54) is 0 Å². The van der Waals surface area contributed by atoms with Crippen LogP contribution in [-0.2, 0) is 0 Å². The SMILES string of the molecule is Clc1ncc2ncc(Br)n2n1. The summed E-state index contributed by atoms with van der Waals surface area (Å²) in [5.74, 6) is 0. The molecule has 2 aromatic heterocycles. The highest BCUT2D eigenvalue weighted by molar-refractivity contribution is 9.10. The van der Waals surface area contributed by atoms with E-state index >= 15 is 0 Å². The van der Waals surface area contributed by atoms with E-state index < -0.39 is 0 Å². The van der Waals surface area contributed by atoms with E-state index in [0.29, 0.717) is 5.65 Å². The van der Waals surface area contributed by atoms with Crippen LogP contribution in [0.1, 0.15) is 0 Å². The molecule has 0 spiro atoms. The quantitative estimate of drug-likeness (QED) is 0.693. The zero-order valence-electron chi connectivity index (χ0n) is 5.20. The van der Waals surface area contributed by atoms with Crippen LogP contribution in [0.4, 0.5) is 0 Å². The fourth-order valence-corrected chi connectivity index (χ4v) is 1.23. The Balaban J connectivity index is 2.87. The minimum absolute atomic E-state index is 0.205. The van der Waals surface area contributed by atoms with Crippen LogP contribution in [0.3, 0.4) is 0 Å². The highest BCUT2D eigenvalue weighted by Gasteiger charge is 2.01. The monoisotopic (exact) mass is 232 g/mol. The Morgan fingerprint density at radius 2 is 2.18 bits per heavy atom. The van der Waals surface area contributed by atoms with Gasteiger partial charge in [-0.2, -0.15) is 0 Å². The molecule has 0 N–H and O–H groups in total. The van der Waals surface area contributed by atoms with Crippen molar-refractivity contribution in [3.05, 3.63) is 22.3 Å². The van der Waals surface area contributed by atoms with Gasteiger partial charge in [0.2, 0.25) is 5.28 Å². The average Bonchev–Trinajstić information content (AvgIpc) is 2.33. The normalized spacial score (nSPS) is 10.7. The molecule has 0 atom stereocenters. The summed E-state index contributed by atoms with van der Waals surface area (Å²) in [6, 6.07) is 0. The molecule has 0 bridgehead atoms. The molecule has 2 heterocycles. The summed E-state index contributed by atoms with van der Waals surface area (Å²) in [4.78, 5) is 7.76. The number of imidazole rings is 1. The third kappa shape index (κ3) is 1.10. The first-order chi connectivity index (χ1) is 5.27. The van der Waals surface area contributed by atoms with E-state index in [2.05, 4.69) is 31.0 Å². The van der Waals surface area contributed by atoms with Gasteiger partial charge in [-0.25, -0.2) is 14.5 Å². The number of rotatable bonds is 0. The Bertz CT molecular complexity index is 398. The van der Waals surface area contributed by atoms with Crippen LogP contribution in [-0.4, -0.2) is 19.6 Å². The topological polar surface area (TPSA) is 43.1 Å². The van der Waals surface area contributed by atoms with Gasteiger partial charge in [0, 0.05) is 0 Å². The molecular formula is C5H2BrClN4. The van der Waals surface area contributed by atoms with Crippen molar-refractivity contribution in [2.75, 3.05) is 0 Å². The first-order valence-corrected chi connectivity index (χ1v) is 3.96. The van der Waals surface area contributed by atoms with Crippen LogP contribution in [0.15, 0.2) is 17.0 Å². The van der Waals surface area contributed by atoms with Gasteiger partial charge in [0.05, 0.1) is 12.4 Å². The van der Waals surface area contributed by atoms with E-state index in [1.54, 1.807) is 16.9 Å². The molecule has 6 heteroatoms. The molecule has 0 aromatic carbocycles. The van der Waals surface area contributed by atoms with Gasteiger partial charge >= 0.3 is 0 Å². The number of hydrogen-bond acceptors (Lipinski definition) is 3. The van der Waals surface area contributed by atoms with Crippen molar-refractivity contribution in [2.45, 2.75) is 0 Å². The van der Waals surface area contributed by atoms with Crippen molar-refractivity contribution >= 4 is 33.2 Å². The lowest BCUT2D eigenvalue weighted by Gasteiger charge is -1.91. The third-order valence-corrected chi connectivity index (χ3v) is 1.91. The Labute approximate surface area is 75.3 Å². The van der Waals surface area contributed by atoms with Crippen LogP contribution in [0, 0.1) is 0 Å². The third-order valence-electron chi connectivity index (χ3n) is 1.19. The largest absolute Gasteiger partial charge is 0.241 e. The minimum atomic E-state index is 0.205. The molecule has 56 valence electrons. The Kier molecular flexibility index (Phi) is 1.54. The fraction of sp³-hybridized carbons (Fsp3) is 0. The summed E-state index contributed by atoms with van der Waals surface area (Å²) in [6.07, 6.45) is 3.19. The molecule has 2 rings (SSSR count). The maximum atomic E-state index is 5.56. The van der Waals surface area contributed by atoms with Crippen LogP contribution in [0.2, 0.25) is 5.28 Å². The van der Waals surface area contributed by atoms with E-state index in [0.717, 1.165) is 4.60 Å². The number of nitrogens with zero attached hydrogens (tertiary/aromatic N) is 4. The number of halogens is 2. The van der Waals surface area contributed by atoms with E-state index in [-0.39, 0.29) is 5.28 Å². The molecule has 0 amide bonds. The van der Waals surface area contributed by atoms with Crippen LogP contribution >= 0.6 is 27.5 Å². The minimum Gasteiger partial charge on any atom is -0.233 e. The molecule has 0 saturated carbocycles. The number of aromatic nitrogens is 4. The van der Waals surface area contributed by atoms with Crippen molar-refractivity contribution in [3.8, 4) is 0 Å². The first-order valence-electron chi connectivity index (χ1n) is 2.79. The lowest BCUT2D eigenvalue weighted by Crippen LogP contribution is -1.93. The molecule has 0 aliphatic heterocycles. The first kappa shape index (κ1) is 7.00. The maximum Gasteiger partial charge on any atom is 0.241 e. The van der Waals surface area contributed by atoms with Crippen molar-refractivity contribution in [1.82, 2.24) is 19.6 Å². The van der Waals surface area contributed by atoms with Gasteiger partial charge in [-0.05, 0) is 27.5 Å². The van der Waals surface area contributed by atoms with Gasteiger partial charge in [-0.3, -0.25) is 0 Å². The summed E-state index contributed by atoms with van der Waals surface area (Å²) in [7, 11) is 0. The van der Waals surface area contributed by atoms with Crippen molar-refractivity contribution < 1.29 is 0 Å². The summed E-state index contributed by atoms with van der Waals surface area (Å²) < 4.78 is 2.33. The lowest BCUT2D eigenvalue weighted by molar-refractivity contribution is 0.882. The molecular weight excluding hydrogens is 231 g/mol. The molecule has 11 heavy (non-hydrogen) atoms. The van der Waals surface area contributed by atoms with Gasteiger partial charge in [0.25, 0.3) is 0 Å². The molecule has 0 unspecified atom stereocenters. The Morgan fingerprint density at radius 3 is 3.00 bits per heavy atom. The highest BCUT2D eigenvalue weighted by Crippen LogP contribution is 2.11. The standard InChI is InChI=1S/C5H2BrClN4/c6-3-1-8-4-2-9-5(7)10-11(3)4/h1-2H. The van der Waals surface area contributed by atoms with E-state index in [4.69, 9.17) is 11.6 Å². The predicted octanol–water partition coefficient (Wildman–Crippen LogP) is 1.54. The zero-order chi connectivity index (χ0) is 7.84. The second kappa shape index (κ2) is 2.42. The van der Waals surface area contributed by atoms with Crippen molar-refractivity contribution in [1.29, 1.82) is 0 Å². The fourth-order valence-electron chi connectivity index (χ4n) is 0.745. The Hall–Kier alpha value is -0.680.